The summed E-state index contributed by atoms with van der Waals surface area (Å²) in [4.78, 5) is 14.8. The lowest BCUT2D eigenvalue weighted by atomic mass is 10.3. The average Bonchev–Trinajstić information content (AvgIpc) is 2.90. The zero-order valence-electron chi connectivity index (χ0n) is 10.4. The third kappa shape index (κ3) is 3.05. The molecular weight excluding hydrogens is 262 g/mol. The van der Waals surface area contributed by atoms with Gasteiger partial charge in [-0.15, -0.1) is 11.3 Å². The van der Waals surface area contributed by atoms with Crippen LogP contribution in [0.5, 0.6) is 0 Å². The molecule has 100 valence electrons. The van der Waals surface area contributed by atoms with Gasteiger partial charge in [-0.3, -0.25) is 4.90 Å². The van der Waals surface area contributed by atoms with Crippen molar-refractivity contribution in [3.8, 4) is 0 Å². The summed E-state index contributed by atoms with van der Waals surface area (Å²) >= 11 is 1.36. The number of carboxylic acids is 1. The highest BCUT2D eigenvalue weighted by atomic mass is 32.1. The van der Waals surface area contributed by atoms with Gasteiger partial charge in [-0.2, -0.15) is 0 Å². The van der Waals surface area contributed by atoms with Gasteiger partial charge in [0.25, 0.3) is 0 Å². The van der Waals surface area contributed by atoms with Crippen LogP contribution in [0.4, 0.5) is 0 Å². The van der Waals surface area contributed by atoms with Crippen LogP contribution in [0.25, 0.3) is 0 Å². The van der Waals surface area contributed by atoms with E-state index in [-0.39, 0.29) is 0 Å². The monoisotopic (exact) mass is 277 g/mol. The molecule has 1 fully saturated rings. The van der Waals surface area contributed by atoms with Crippen LogP contribution in [0.1, 0.15) is 33.0 Å². The summed E-state index contributed by atoms with van der Waals surface area (Å²) in [7, 11) is 0. The third-order valence-corrected chi connectivity index (χ3v) is 4.32. The Balaban J connectivity index is 1.68. The molecule has 1 N–H and O–H groups in total. The van der Waals surface area contributed by atoms with Gasteiger partial charge in [0, 0.05) is 29.6 Å². The maximum absolute atomic E-state index is 10.9. The highest BCUT2D eigenvalue weighted by Gasteiger charge is 2.29. The molecule has 2 aromatic heterocycles. The summed E-state index contributed by atoms with van der Waals surface area (Å²) in [5.74, 6) is -0.843. The van der Waals surface area contributed by atoms with Crippen molar-refractivity contribution in [3.05, 3.63) is 46.0 Å². The predicted octanol–water partition coefficient (Wildman–Crippen LogP) is 3.20. The number of hydrogen-bond donors (Lipinski definition) is 1. The van der Waals surface area contributed by atoms with Gasteiger partial charge in [-0.25, -0.2) is 4.79 Å². The predicted molar refractivity (Wildman–Crippen MR) is 72.3 cm³/mol. The largest absolute Gasteiger partial charge is 0.477 e. The minimum Gasteiger partial charge on any atom is -0.477 e. The van der Waals surface area contributed by atoms with Gasteiger partial charge >= 0.3 is 5.97 Å². The molecule has 0 spiro atoms. The highest BCUT2D eigenvalue weighted by Crippen LogP contribution is 2.31. The summed E-state index contributed by atoms with van der Waals surface area (Å²) in [6, 6.07) is 6.21. The molecule has 5 heteroatoms. The summed E-state index contributed by atoms with van der Waals surface area (Å²) in [5, 5.41) is 8.95. The number of furan rings is 1. The van der Waals surface area contributed by atoms with E-state index in [2.05, 4.69) is 4.90 Å². The van der Waals surface area contributed by atoms with E-state index in [1.165, 1.54) is 29.7 Å². The second kappa shape index (κ2) is 5.19. The van der Waals surface area contributed by atoms with E-state index in [1.807, 2.05) is 12.1 Å². The van der Waals surface area contributed by atoms with E-state index in [4.69, 9.17) is 9.52 Å². The lowest BCUT2D eigenvalue weighted by Gasteiger charge is -2.20. The van der Waals surface area contributed by atoms with Gasteiger partial charge in [0.2, 0.25) is 0 Å². The first-order valence-electron chi connectivity index (χ1n) is 6.29. The van der Waals surface area contributed by atoms with Crippen molar-refractivity contribution in [2.45, 2.75) is 32.0 Å². The Kier molecular flexibility index (Phi) is 3.40. The Hall–Kier alpha value is -1.59. The van der Waals surface area contributed by atoms with Crippen LogP contribution in [0.15, 0.2) is 35.1 Å². The lowest BCUT2D eigenvalue weighted by Crippen LogP contribution is -2.24. The fourth-order valence-corrected chi connectivity index (χ4v) is 3.02. The molecule has 0 saturated heterocycles. The number of thiophene rings is 1. The summed E-state index contributed by atoms with van der Waals surface area (Å²) < 4.78 is 5.10. The molecule has 0 radical (unpaired) electrons. The minimum atomic E-state index is -0.843. The second-order valence-electron chi connectivity index (χ2n) is 4.84. The summed E-state index contributed by atoms with van der Waals surface area (Å²) in [6.45, 7) is 1.68. The van der Waals surface area contributed by atoms with Crippen molar-refractivity contribution in [1.29, 1.82) is 0 Å². The van der Waals surface area contributed by atoms with Crippen molar-refractivity contribution in [3.63, 3.8) is 0 Å². The Labute approximate surface area is 115 Å². The molecule has 1 aliphatic carbocycles. The number of hydrogen-bond acceptors (Lipinski definition) is 4. The van der Waals surface area contributed by atoms with Crippen LogP contribution in [0.2, 0.25) is 0 Å². The molecule has 0 atom stereocenters. The maximum Gasteiger partial charge on any atom is 0.345 e. The Morgan fingerprint density at radius 2 is 2.21 bits per heavy atom. The third-order valence-electron chi connectivity index (χ3n) is 3.26. The molecule has 0 amide bonds. The topological polar surface area (TPSA) is 53.7 Å². The molecule has 1 aliphatic rings. The van der Waals surface area contributed by atoms with E-state index in [0.717, 1.165) is 18.0 Å². The SMILES string of the molecule is O=C(O)c1ccc(CN(Cc2ccoc2)C2CC2)s1. The number of nitrogens with zero attached hydrogens (tertiary/aromatic N) is 1. The molecule has 19 heavy (non-hydrogen) atoms. The first-order chi connectivity index (χ1) is 9.22. The molecular formula is C14H15NO3S. The quantitative estimate of drug-likeness (QED) is 0.881. The van der Waals surface area contributed by atoms with Crippen molar-refractivity contribution in [1.82, 2.24) is 4.90 Å². The van der Waals surface area contributed by atoms with Crippen molar-refractivity contribution < 1.29 is 14.3 Å². The van der Waals surface area contributed by atoms with Crippen LogP contribution in [0, 0.1) is 0 Å². The molecule has 2 heterocycles. The molecule has 0 bridgehead atoms. The van der Waals surface area contributed by atoms with Crippen LogP contribution < -0.4 is 0 Å². The van der Waals surface area contributed by atoms with Crippen LogP contribution in [0.3, 0.4) is 0 Å². The van der Waals surface area contributed by atoms with Gasteiger partial charge in [0.05, 0.1) is 12.5 Å². The molecule has 1 saturated carbocycles. The molecule has 0 aromatic carbocycles. The first-order valence-corrected chi connectivity index (χ1v) is 7.11. The number of rotatable bonds is 6. The molecule has 0 unspecified atom stereocenters. The normalized spacial score (nSPS) is 15.0. The molecule has 0 aliphatic heterocycles. The van der Waals surface area contributed by atoms with E-state index in [0.29, 0.717) is 10.9 Å². The Morgan fingerprint density at radius 3 is 2.79 bits per heavy atom. The van der Waals surface area contributed by atoms with E-state index < -0.39 is 5.97 Å². The lowest BCUT2D eigenvalue weighted by molar-refractivity contribution is 0.0702. The molecule has 4 nitrogen and oxygen atoms in total. The fourth-order valence-electron chi connectivity index (χ4n) is 2.15. The van der Waals surface area contributed by atoms with Gasteiger partial charge in [-0.05, 0) is 31.0 Å². The maximum atomic E-state index is 10.9. The average molecular weight is 277 g/mol. The molecule has 3 rings (SSSR count). The first kappa shape index (κ1) is 12.4. The van der Waals surface area contributed by atoms with E-state index in [1.54, 1.807) is 18.6 Å². The standard InChI is InChI=1S/C14H15NO3S/c16-14(17)13-4-3-12(19-13)8-15(11-1-2-11)7-10-5-6-18-9-10/h3-6,9,11H,1-2,7-8H2,(H,16,17). The van der Waals surface area contributed by atoms with Crippen LogP contribution in [-0.4, -0.2) is 22.0 Å². The highest BCUT2D eigenvalue weighted by molar-refractivity contribution is 7.13. The minimum absolute atomic E-state index is 0.411. The number of carboxylic acid groups (broad SMARTS) is 1. The fraction of sp³-hybridized carbons (Fsp3) is 0.357. The van der Waals surface area contributed by atoms with Gasteiger partial charge < -0.3 is 9.52 Å². The van der Waals surface area contributed by atoms with Crippen molar-refractivity contribution >= 4 is 17.3 Å². The number of aromatic carboxylic acids is 1. The van der Waals surface area contributed by atoms with Gasteiger partial charge in [0.1, 0.15) is 4.88 Å². The zero-order valence-corrected chi connectivity index (χ0v) is 11.2. The smallest absolute Gasteiger partial charge is 0.345 e. The van der Waals surface area contributed by atoms with Crippen LogP contribution >= 0.6 is 11.3 Å². The van der Waals surface area contributed by atoms with Crippen molar-refractivity contribution in [2.24, 2.45) is 0 Å². The summed E-state index contributed by atoms with van der Waals surface area (Å²) in [6.07, 6.45) is 5.92. The van der Waals surface area contributed by atoms with Gasteiger partial charge in [0.15, 0.2) is 0 Å². The zero-order chi connectivity index (χ0) is 13.2. The number of carbonyl (C=O) groups is 1. The Bertz CT molecular complexity index is 557. The van der Waals surface area contributed by atoms with Crippen molar-refractivity contribution in [2.75, 3.05) is 0 Å². The molecule has 2 aromatic rings. The van der Waals surface area contributed by atoms with E-state index >= 15 is 0 Å². The Morgan fingerprint density at radius 1 is 1.37 bits per heavy atom. The second-order valence-corrected chi connectivity index (χ2v) is 6.01. The summed E-state index contributed by atoms with van der Waals surface area (Å²) in [5.41, 5.74) is 1.17. The van der Waals surface area contributed by atoms with Gasteiger partial charge in [-0.1, -0.05) is 0 Å². The van der Waals surface area contributed by atoms with E-state index in [9.17, 15) is 4.79 Å². The van der Waals surface area contributed by atoms with Crippen LogP contribution in [-0.2, 0) is 13.1 Å².